The third-order valence-corrected chi connectivity index (χ3v) is 4.20. The Bertz CT molecular complexity index is 930. The third kappa shape index (κ3) is 3.90. The normalized spacial score (nSPS) is 10.3. The molecule has 0 aliphatic heterocycles. The molecular formula is C20H15ClN2O3. The van der Waals surface area contributed by atoms with E-state index in [-0.39, 0.29) is 22.2 Å². The zero-order valence-corrected chi connectivity index (χ0v) is 14.5. The van der Waals surface area contributed by atoms with Gasteiger partial charge >= 0.3 is 0 Å². The second-order valence-corrected chi connectivity index (χ2v) is 6.04. The number of amides is 1. The molecule has 0 atom stereocenters. The topological polar surface area (TPSA) is 63.4 Å². The Kier molecular flexibility index (Phi) is 5.29. The van der Waals surface area contributed by atoms with Gasteiger partial charge in [-0.15, -0.1) is 0 Å². The minimum atomic E-state index is -0.543. The first-order chi connectivity index (χ1) is 12.6. The minimum absolute atomic E-state index is 0.0539. The largest absolute Gasteiger partial charge is 0.304 e. The van der Waals surface area contributed by atoms with Crippen LogP contribution >= 0.6 is 11.6 Å². The predicted molar refractivity (Wildman–Crippen MR) is 102 cm³/mol. The first-order valence-electron chi connectivity index (χ1n) is 7.91. The summed E-state index contributed by atoms with van der Waals surface area (Å²) in [6.07, 6.45) is 0. The molecule has 130 valence electrons. The van der Waals surface area contributed by atoms with Gasteiger partial charge < -0.3 is 4.90 Å². The van der Waals surface area contributed by atoms with Crippen LogP contribution in [0.4, 0.5) is 11.4 Å². The van der Waals surface area contributed by atoms with Gasteiger partial charge in [0, 0.05) is 17.8 Å². The number of anilines is 1. The van der Waals surface area contributed by atoms with Crippen molar-refractivity contribution in [1.82, 2.24) is 0 Å². The van der Waals surface area contributed by atoms with E-state index in [0.29, 0.717) is 6.54 Å². The molecule has 5 nitrogen and oxygen atoms in total. The Labute approximate surface area is 155 Å². The first-order valence-corrected chi connectivity index (χ1v) is 8.29. The van der Waals surface area contributed by atoms with E-state index in [1.54, 1.807) is 4.90 Å². The summed E-state index contributed by atoms with van der Waals surface area (Å²) in [4.78, 5) is 25.1. The summed E-state index contributed by atoms with van der Waals surface area (Å²) in [6, 6.07) is 22.7. The zero-order chi connectivity index (χ0) is 18.5. The van der Waals surface area contributed by atoms with Crippen molar-refractivity contribution in [3.63, 3.8) is 0 Å². The van der Waals surface area contributed by atoms with E-state index >= 15 is 0 Å². The van der Waals surface area contributed by atoms with Gasteiger partial charge in [0.2, 0.25) is 0 Å². The number of non-ortho nitro benzene ring substituents is 1. The van der Waals surface area contributed by atoms with Crippen molar-refractivity contribution in [3.8, 4) is 0 Å². The highest BCUT2D eigenvalue weighted by Gasteiger charge is 2.22. The molecule has 0 radical (unpaired) electrons. The molecule has 0 aromatic heterocycles. The maximum absolute atomic E-state index is 13.1. The van der Waals surface area contributed by atoms with Crippen LogP contribution in [-0.4, -0.2) is 10.8 Å². The Morgan fingerprint density at radius 2 is 1.58 bits per heavy atom. The zero-order valence-electron chi connectivity index (χ0n) is 13.7. The number of hydrogen-bond acceptors (Lipinski definition) is 3. The molecule has 3 aromatic carbocycles. The summed E-state index contributed by atoms with van der Waals surface area (Å²) >= 11 is 6.15. The second-order valence-electron chi connectivity index (χ2n) is 5.63. The molecule has 0 bridgehead atoms. The Balaban J connectivity index is 1.99. The molecule has 0 aliphatic rings. The van der Waals surface area contributed by atoms with E-state index in [9.17, 15) is 14.9 Å². The van der Waals surface area contributed by atoms with Crippen molar-refractivity contribution in [2.75, 3.05) is 4.90 Å². The van der Waals surface area contributed by atoms with Gasteiger partial charge in [0.05, 0.1) is 22.1 Å². The molecule has 0 aliphatic carbocycles. The quantitative estimate of drug-likeness (QED) is 0.466. The van der Waals surface area contributed by atoms with Gasteiger partial charge in [-0.05, 0) is 23.8 Å². The average Bonchev–Trinajstić information content (AvgIpc) is 2.67. The number of nitrogens with zero attached hydrogens (tertiary/aromatic N) is 2. The summed E-state index contributed by atoms with van der Waals surface area (Å²) in [6.45, 7) is 0.358. The van der Waals surface area contributed by atoms with E-state index < -0.39 is 4.92 Å². The molecular weight excluding hydrogens is 352 g/mol. The standard InChI is InChI=1S/C20H15ClN2O3/c21-19-13-17(23(25)26)11-12-18(19)20(24)22(16-9-5-2-6-10-16)14-15-7-3-1-4-8-15/h1-13H,14H2. The molecule has 0 heterocycles. The first kappa shape index (κ1) is 17.6. The van der Waals surface area contributed by atoms with Crippen LogP contribution in [0, 0.1) is 10.1 Å². The number of carbonyl (C=O) groups is 1. The van der Waals surface area contributed by atoms with Crippen LogP contribution in [0.3, 0.4) is 0 Å². The number of rotatable bonds is 5. The molecule has 0 N–H and O–H groups in total. The van der Waals surface area contributed by atoms with Crippen molar-refractivity contribution in [2.24, 2.45) is 0 Å². The van der Waals surface area contributed by atoms with Gasteiger partial charge in [-0.3, -0.25) is 14.9 Å². The van der Waals surface area contributed by atoms with Crippen LogP contribution in [-0.2, 0) is 6.54 Å². The number of nitro benzene ring substituents is 1. The van der Waals surface area contributed by atoms with Crippen LogP contribution in [0.15, 0.2) is 78.9 Å². The summed E-state index contributed by atoms with van der Waals surface area (Å²) in [7, 11) is 0. The molecule has 6 heteroatoms. The van der Waals surface area contributed by atoms with Gasteiger partial charge in [-0.1, -0.05) is 60.1 Å². The van der Waals surface area contributed by atoms with Crippen LogP contribution in [0.25, 0.3) is 0 Å². The van der Waals surface area contributed by atoms with E-state index in [2.05, 4.69) is 0 Å². The summed E-state index contributed by atoms with van der Waals surface area (Å²) in [5.41, 5.74) is 1.75. The molecule has 1 amide bonds. The molecule has 3 aromatic rings. The Hall–Kier alpha value is -3.18. The smallest absolute Gasteiger partial charge is 0.270 e. The number of para-hydroxylation sites is 1. The molecule has 0 spiro atoms. The van der Waals surface area contributed by atoms with Gasteiger partial charge in [0.15, 0.2) is 0 Å². The van der Waals surface area contributed by atoms with Crippen LogP contribution < -0.4 is 4.90 Å². The summed E-state index contributed by atoms with van der Waals surface area (Å²) in [5, 5.41) is 10.9. The van der Waals surface area contributed by atoms with Crippen molar-refractivity contribution >= 4 is 28.9 Å². The lowest BCUT2D eigenvalue weighted by molar-refractivity contribution is -0.384. The van der Waals surface area contributed by atoms with E-state index in [4.69, 9.17) is 11.6 Å². The highest BCUT2D eigenvalue weighted by atomic mass is 35.5. The fourth-order valence-electron chi connectivity index (χ4n) is 2.59. The van der Waals surface area contributed by atoms with Gasteiger partial charge in [-0.25, -0.2) is 0 Å². The fraction of sp³-hybridized carbons (Fsp3) is 0.0500. The number of benzene rings is 3. The number of halogens is 1. The highest BCUT2D eigenvalue weighted by Crippen LogP contribution is 2.26. The Morgan fingerprint density at radius 3 is 2.15 bits per heavy atom. The monoisotopic (exact) mass is 366 g/mol. The summed E-state index contributed by atoms with van der Waals surface area (Å²) in [5.74, 6) is -0.319. The van der Waals surface area contributed by atoms with E-state index in [1.807, 2.05) is 60.7 Å². The van der Waals surface area contributed by atoms with Crippen LogP contribution in [0.2, 0.25) is 5.02 Å². The van der Waals surface area contributed by atoms with Crippen LogP contribution in [0.5, 0.6) is 0 Å². The lowest BCUT2D eigenvalue weighted by Crippen LogP contribution is -2.30. The number of hydrogen-bond donors (Lipinski definition) is 0. The van der Waals surface area contributed by atoms with Gasteiger partial charge in [0.1, 0.15) is 0 Å². The van der Waals surface area contributed by atoms with Gasteiger partial charge in [-0.2, -0.15) is 0 Å². The van der Waals surface area contributed by atoms with Crippen molar-refractivity contribution < 1.29 is 9.72 Å². The van der Waals surface area contributed by atoms with Crippen molar-refractivity contribution in [1.29, 1.82) is 0 Å². The minimum Gasteiger partial charge on any atom is -0.304 e. The number of nitro groups is 1. The number of carbonyl (C=O) groups excluding carboxylic acids is 1. The lowest BCUT2D eigenvalue weighted by atomic mass is 10.1. The van der Waals surface area contributed by atoms with E-state index in [1.165, 1.54) is 18.2 Å². The molecule has 0 saturated heterocycles. The van der Waals surface area contributed by atoms with Crippen molar-refractivity contribution in [3.05, 3.63) is 105 Å². The highest BCUT2D eigenvalue weighted by molar-refractivity contribution is 6.34. The SMILES string of the molecule is O=C(c1ccc([N+](=O)[O-])cc1Cl)N(Cc1ccccc1)c1ccccc1. The maximum Gasteiger partial charge on any atom is 0.270 e. The van der Waals surface area contributed by atoms with Crippen LogP contribution in [0.1, 0.15) is 15.9 Å². The van der Waals surface area contributed by atoms with E-state index in [0.717, 1.165) is 11.3 Å². The van der Waals surface area contributed by atoms with Gasteiger partial charge in [0.25, 0.3) is 11.6 Å². The lowest BCUT2D eigenvalue weighted by Gasteiger charge is -2.23. The molecule has 0 saturated carbocycles. The fourth-order valence-corrected chi connectivity index (χ4v) is 2.85. The second kappa shape index (κ2) is 7.80. The molecule has 26 heavy (non-hydrogen) atoms. The molecule has 0 fully saturated rings. The van der Waals surface area contributed by atoms with Crippen molar-refractivity contribution in [2.45, 2.75) is 6.54 Å². The average molecular weight is 367 g/mol. The predicted octanol–water partition coefficient (Wildman–Crippen LogP) is 5.10. The molecule has 3 rings (SSSR count). The third-order valence-electron chi connectivity index (χ3n) is 3.89. The molecule has 0 unspecified atom stereocenters. The maximum atomic E-state index is 13.1. The summed E-state index contributed by atoms with van der Waals surface area (Å²) < 4.78 is 0. The Morgan fingerprint density at radius 1 is 0.962 bits per heavy atom.